The first-order chi connectivity index (χ1) is 17.4. The molecule has 5 rings (SSSR count). The molecular weight excluding hydrogens is 454 g/mol. The number of aliphatic hydroxyl groups is 2. The maximum Gasteiger partial charge on any atom is 0.125 e. The fourth-order valence-corrected chi connectivity index (χ4v) is 5.73. The van der Waals surface area contributed by atoms with Crippen molar-refractivity contribution in [2.45, 2.75) is 114 Å². The fourth-order valence-electron chi connectivity index (χ4n) is 5.73. The molecule has 1 aromatic heterocycles. The SMILES string of the molecule is CC(C)c1cn([C@H]2C[C@@H]3O[C@@H](CO)CC[C@@H]3O[C@@H]2CCc2ccc(C#CC3(O)CCCC3)cc2)nn1. The fraction of sp³-hybridized carbons (Fsp3) is 0.655. The first-order valence-electron chi connectivity index (χ1n) is 13.6. The molecule has 1 aromatic carbocycles. The Morgan fingerprint density at radius 1 is 1.11 bits per heavy atom. The Bertz CT molecular complexity index is 1060. The zero-order valence-corrected chi connectivity index (χ0v) is 21.5. The second-order valence-corrected chi connectivity index (χ2v) is 11.1. The maximum atomic E-state index is 10.5. The van der Waals surface area contributed by atoms with E-state index in [1.807, 2.05) is 23.0 Å². The van der Waals surface area contributed by atoms with Crippen molar-refractivity contribution < 1.29 is 19.7 Å². The highest BCUT2D eigenvalue weighted by atomic mass is 16.6. The average Bonchev–Trinajstić information content (AvgIpc) is 3.56. The van der Waals surface area contributed by atoms with Crippen LogP contribution < -0.4 is 0 Å². The van der Waals surface area contributed by atoms with Crippen molar-refractivity contribution in [3.8, 4) is 11.8 Å². The molecule has 1 saturated carbocycles. The quantitative estimate of drug-likeness (QED) is 0.593. The van der Waals surface area contributed by atoms with Crippen molar-refractivity contribution in [2.24, 2.45) is 0 Å². The number of nitrogens with zero attached hydrogens (tertiary/aromatic N) is 3. The number of rotatable bonds is 6. The number of hydrogen-bond acceptors (Lipinski definition) is 6. The summed E-state index contributed by atoms with van der Waals surface area (Å²) in [6.07, 6.45) is 9.95. The van der Waals surface area contributed by atoms with E-state index in [-0.39, 0.29) is 37.1 Å². The van der Waals surface area contributed by atoms with Gasteiger partial charge in [0.15, 0.2) is 0 Å². The second-order valence-electron chi connectivity index (χ2n) is 11.1. The summed E-state index contributed by atoms with van der Waals surface area (Å²) in [4.78, 5) is 0. The van der Waals surface area contributed by atoms with E-state index in [9.17, 15) is 10.2 Å². The molecule has 0 unspecified atom stereocenters. The van der Waals surface area contributed by atoms with E-state index in [1.54, 1.807) is 0 Å². The molecular formula is C29H39N3O4. The highest BCUT2D eigenvalue weighted by Crippen LogP contribution is 2.38. The molecule has 5 atom stereocenters. The van der Waals surface area contributed by atoms with Crippen LogP contribution in [-0.2, 0) is 15.9 Å². The summed E-state index contributed by atoms with van der Waals surface area (Å²) in [5, 5.41) is 28.9. The van der Waals surface area contributed by atoms with Gasteiger partial charge in [-0.1, -0.05) is 43.0 Å². The Hall–Kier alpha value is -2.24. The lowest BCUT2D eigenvalue weighted by Crippen LogP contribution is -2.51. The van der Waals surface area contributed by atoms with Gasteiger partial charge in [0.1, 0.15) is 5.60 Å². The minimum atomic E-state index is -0.805. The van der Waals surface area contributed by atoms with E-state index >= 15 is 0 Å². The predicted molar refractivity (Wildman–Crippen MR) is 136 cm³/mol. The Kier molecular flexibility index (Phi) is 7.78. The normalized spacial score (nSPS) is 29.5. The van der Waals surface area contributed by atoms with Crippen LogP contribution >= 0.6 is 0 Å². The summed E-state index contributed by atoms with van der Waals surface area (Å²) < 4.78 is 14.8. The molecule has 2 aromatic rings. The minimum Gasteiger partial charge on any atom is -0.394 e. The number of aromatic nitrogens is 3. The Balaban J connectivity index is 1.26. The van der Waals surface area contributed by atoms with Crippen LogP contribution in [0.15, 0.2) is 30.5 Å². The third-order valence-electron chi connectivity index (χ3n) is 8.01. The van der Waals surface area contributed by atoms with Gasteiger partial charge in [0.25, 0.3) is 0 Å². The van der Waals surface area contributed by atoms with Crippen molar-refractivity contribution in [3.63, 3.8) is 0 Å². The van der Waals surface area contributed by atoms with Crippen LogP contribution in [0.1, 0.15) is 94.0 Å². The molecule has 194 valence electrons. The van der Waals surface area contributed by atoms with E-state index in [0.29, 0.717) is 5.92 Å². The van der Waals surface area contributed by atoms with Gasteiger partial charge in [-0.15, -0.1) is 5.10 Å². The summed E-state index contributed by atoms with van der Waals surface area (Å²) in [5.41, 5.74) is 2.36. The molecule has 3 heterocycles. The topological polar surface area (TPSA) is 89.6 Å². The first kappa shape index (κ1) is 25.4. The van der Waals surface area contributed by atoms with Crippen molar-refractivity contribution in [3.05, 3.63) is 47.3 Å². The molecule has 3 fully saturated rings. The molecule has 0 amide bonds. The molecule has 2 N–H and O–H groups in total. The van der Waals surface area contributed by atoms with E-state index < -0.39 is 5.60 Å². The van der Waals surface area contributed by atoms with Crippen LogP contribution in [-0.4, -0.2) is 61.8 Å². The number of aryl methyl sites for hydroxylation is 1. The molecule has 0 radical (unpaired) electrons. The Morgan fingerprint density at radius 2 is 1.89 bits per heavy atom. The van der Waals surface area contributed by atoms with E-state index in [2.05, 4.69) is 48.1 Å². The van der Waals surface area contributed by atoms with Gasteiger partial charge in [-0.3, -0.25) is 0 Å². The molecule has 0 bridgehead atoms. The van der Waals surface area contributed by atoms with Crippen LogP contribution in [0.3, 0.4) is 0 Å². The second kappa shape index (κ2) is 11.0. The Morgan fingerprint density at radius 3 is 2.58 bits per heavy atom. The third kappa shape index (κ3) is 5.84. The number of hydrogen-bond donors (Lipinski definition) is 2. The lowest BCUT2D eigenvalue weighted by atomic mass is 9.88. The van der Waals surface area contributed by atoms with Crippen molar-refractivity contribution in [2.75, 3.05) is 6.61 Å². The summed E-state index contributed by atoms with van der Waals surface area (Å²) in [7, 11) is 0. The molecule has 7 nitrogen and oxygen atoms in total. The van der Waals surface area contributed by atoms with Gasteiger partial charge in [-0.05, 0) is 75.0 Å². The Labute approximate surface area is 214 Å². The van der Waals surface area contributed by atoms with Gasteiger partial charge in [0.05, 0.1) is 42.8 Å². The molecule has 7 heteroatoms. The van der Waals surface area contributed by atoms with Gasteiger partial charge in [0.2, 0.25) is 0 Å². The summed E-state index contributed by atoms with van der Waals surface area (Å²) in [6, 6.07) is 8.40. The lowest BCUT2D eigenvalue weighted by molar-refractivity contribution is -0.209. The predicted octanol–water partition coefficient (Wildman–Crippen LogP) is 3.93. The van der Waals surface area contributed by atoms with Crippen LogP contribution in [0.2, 0.25) is 0 Å². The van der Waals surface area contributed by atoms with Crippen molar-refractivity contribution >= 4 is 0 Å². The first-order valence-corrected chi connectivity index (χ1v) is 13.6. The van der Waals surface area contributed by atoms with Gasteiger partial charge in [-0.25, -0.2) is 4.68 Å². The highest BCUT2D eigenvalue weighted by Gasteiger charge is 2.43. The molecule has 0 spiro atoms. The van der Waals surface area contributed by atoms with Gasteiger partial charge in [-0.2, -0.15) is 0 Å². The summed E-state index contributed by atoms with van der Waals surface area (Å²) >= 11 is 0. The zero-order valence-electron chi connectivity index (χ0n) is 21.5. The van der Waals surface area contributed by atoms with Crippen LogP contribution in [0, 0.1) is 11.8 Å². The number of aliphatic hydroxyl groups excluding tert-OH is 1. The van der Waals surface area contributed by atoms with Crippen LogP contribution in [0.25, 0.3) is 0 Å². The third-order valence-corrected chi connectivity index (χ3v) is 8.01. The molecule has 2 aliphatic heterocycles. The largest absolute Gasteiger partial charge is 0.394 e. The standard InChI is InChI=1S/C29H39N3O4/c1-20(2)24-18-32(31-30-24)25-17-28-27(12-10-23(19-33)35-28)36-26(25)11-9-21-5-7-22(8-6-21)13-16-29(34)14-3-4-15-29/h5-8,18,20,23,25-28,33-34H,3-4,9-12,14-15,17,19H2,1-2H3/t23-,25+,26-,27+,28+/m1/s1. The number of fused-ring (bicyclic) bond motifs is 1. The van der Waals surface area contributed by atoms with Crippen LogP contribution in [0.4, 0.5) is 0 Å². The zero-order chi connectivity index (χ0) is 25.1. The van der Waals surface area contributed by atoms with E-state index in [1.165, 1.54) is 5.56 Å². The van der Waals surface area contributed by atoms with Gasteiger partial charge < -0.3 is 19.7 Å². The van der Waals surface area contributed by atoms with Crippen molar-refractivity contribution in [1.82, 2.24) is 15.0 Å². The molecule has 3 aliphatic rings. The molecule has 1 aliphatic carbocycles. The van der Waals surface area contributed by atoms with E-state index in [4.69, 9.17) is 9.47 Å². The average molecular weight is 494 g/mol. The number of benzene rings is 1. The van der Waals surface area contributed by atoms with Gasteiger partial charge >= 0.3 is 0 Å². The summed E-state index contributed by atoms with van der Waals surface area (Å²) in [6.45, 7) is 4.30. The maximum absolute atomic E-state index is 10.5. The highest BCUT2D eigenvalue weighted by molar-refractivity contribution is 5.38. The van der Waals surface area contributed by atoms with Gasteiger partial charge in [0, 0.05) is 18.2 Å². The van der Waals surface area contributed by atoms with Crippen molar-refractivity contribution in [1.29, 1.82) is 0 Å². The molecule has 36 heavy (non-hydrogen) atoms. The lowest BCUT2D eigenvalue weighted by Gasteiger charge is -2.45. The number of ether oxygens (including phenoxy) is 2. The molecule has 2 saturated heterocycles. The monoisotopic (exact) mass is 493 g/mol. The van der Waals surface area contributed by atoms with Crippen LogP contribution in [0.5, 0.6) is 0 Å². The summed E-state index contributed by atoms with van der Waals surface area (Å²) in [5.74, 6) is 6.57. The smallest absolute Gasteiger partial charge is 0.125 e. The van der Waals surface area contributed by atoms with E-state index in [0.717, 1.165) is 69.0 Å². The minimum absolute atomic E-state index is 0.0123.